The Labute approximate surface area is 117 Å². The van der Waals surface area contributed by atoms with Crippen LogP contribution >= 0.6 is 0 Å². The average Bonchev–Trinajstić information content (AvgIpc) is 2.38. The first-order chi connectivity index (χ1) is 9.54. The summed E-state index contributed by atoms with van der Waals surface area (Å²) in [6.45, 7) is 6.07. The Hall–Kier alpha value is -2.43. The van der Waals surface area contributed by atoms with E-state index in [0.717, 1.165) is 5.56 Å². The largest absolute Gasteiger partial charge is 0.291 e. The third-order valence-electron chi connectivity index (χ3n) is 2.86. The lowest BCUT2D eigenvalue weighted by molar-refractivity contribution is 0.866. The Balaban J connectivity index is 2.04. The van der Waals surface area contributed by atoms with E-state index in [1.165, 1.54) is 11.6 Å². The van der Waals surface area contributed by atoms with Gasteiger partial charge in [0.1, 0.15) is 0 Å². The van der Waals surface area contributed by atoms with Crippen molar-refractivity contribution >= 4 is 12.2 Å². The standard InChI is InChI=1S/C15H18N4O/c1-10(2)13-6-4-12(5-7-13)9-16-19-15-17-11(3)8-14(20)18-15/h4-10H,1-3H3,(H2,17,18,19,20)/b16-9+. The van der Waals surface area contributed by atoms with E-state index in [9.17, 15) is 4.79 Å². The molecule has 0 spiro atoms. The number of H-pyrrole nitrogens is 1. The number of nitrogens with one attached hydrogen (secondary N) is 2. The Morgan fingerprint density at radius 2 is 2.00 bits per heavy atom. The monoisotopic (exact) mass is 270 g/mol. The highest BCUT2D eigenvalue weighted by atomic mass is 16.1. The molecular formula is C15H18N4O. The van der Waals surface area contributed by atoms with Crippen molar-refractivity contribution in [2.75, 3.05) is 5.43 Å². The zero-order chi connectivity index (χ0) is 14.5. The molecule has 0 saturated carbocycles. The number of hydrogen-bond donors (Lipinski definition) is 2. The molecule has 0 saturated heterocycles. The summed E-state index contributed by atoms with van der Waals surface area (Å²) in [6, 6.07) is 9.61. The van der Waals surface area contributed by atoms with Gasteiger partial charge in [-0.05, 0) is 24.0 Å². The molecule has 5 nitrogen and oxygen atoms in total. The average molecular weight is 270 g/mol. The summed E-state index contributed by atoms with van der Waals surface area (Å²) in [5, 5.41) is 4.06. The smallest absolute Gasteiger partial charge is 0.252 e. The van der Waals surface area contributed by atoms with E-state index in [0.29, 0.717) is 17.6 Å². The first-order valence-electron chi connectivity index (χ1n) is 6.51. The minimum atomic E-state index is -0.198. The van der Waals surface area contributed by atoms with Crippen molar-refractivity contribution < 1.29 is 0 Å². The van der Waals surface area contributed by atoms with E-state index >= 15 is 0 Å². The first kappa shape index (κ1) is 14.0. The molecule has 20 heavy (non-hydrogen) atoms. The highest BCUT2D eigenvalue weighted by Crippen LogP contribution is 2.13. The Morgan fingerprint density at radius 1 is 1.30 bits per heavy atom. The van der Waals surface area contributed by atoms with E-state index in [-0.39, 0.29) is 5.56 Å². The molecule has 2 rings (SSSR count). The zero-order valence-electron chi connectivity index (χ0n) is 11.8. The van der Waals surface area contributed by atoms with Crippen LogP contribution in [0.4, 0.5) is 5.95 Å². The van der Waals surface area contributed by atoms with Crippen molar-refractivity contribution in [2.24, 2.45) is 5.10 Å². The molecule has 0 bridgehead atoms. The van der Waals surface area contributed by atoms with Crippen LogP contribution in [0, 0.1) is 6.92 Å². The van der Waals surface area contributed by atoms with Crippen LogP contribution in [0.5, 0.6) is 0 Å². The lowest BCUT2D eigenvalue weighted by Gasteiger charge is -2.04. The van der Waals surface area contributed by atoms with Crippen LogP contribution in [0.15, 0.2) is 40.2 Å². The first-order valence-corrected chi connectivity index (χ1v) is 6.51. The van der Waals surface area contributed by atoms with Gasteiger partial charge >= 0.3 is 0 Å². The fourth-order valence-corrected chi connectivity index (χ4v) is 1.77. The van der Waals surface area contributed by atoms with Crippen molar-refractivity contribution in [3.8, 4) is 0 Å². The van der Waals surface area contributed by atoms with Gasteiger partial charge in [0, 0.05) is 11.8 Å². The van der Waals surface area contributed by atoms with Gasteiger partial charge < -0.3 is 0 Å². The Bertz CT molecular complexity index is 656. The number of anilines is 1. The topological polar surface area (TPSA) is 70.1 Å². The summed E-state index contributed by atoms with van der Waals surface area (Å²) in [4.78, 5) is 17.9. The maximum atomic E-state index is 11.3. The van der Waals surface area contributed by atoms with Crippen LogP contribution < -0.4 is 11.0 Å². The summed E-state index contributed by atoms with van der Waals surface area (Å²) >= 11 is 0. The lowest BCUT2D eigenvalue weighted by atomic mass is 10.0. The third-order valence-corrected chi connectivity index (χ3v) is 2.86. The van der Waals surface area contributed by atoms with Crippen molar-refractivity contribution in [1.29, 1.82) is 0 Å². The number of aromatic nitrogens is 2. The van der Waals surface area contributed by atoms with E-state index < -0.39 is 0 Å². The molecule has 5 heteroatoms. The summed E-state index contributed by atoms with van der Waals surface area (Å²) in [5.41, 5.74) is 5.44. The number of hydrazone groups is 1. The molecule has 104 valence electrons. The number of nitrogens with zero attached hydrogens (tertiary/aromatic N) is 2. The normalized spacial score (nSPS) is 11.2. The van der Waals surface area contributed by atoms with Gasteiger partial charge in [-0.1, -0.05) is 38.1 Å². The van der Waals surface area contributed by atoms with Crippen LogP contribution in [0.3, 0.4) is 0 Å². The molecule has 0 atom stereocenters. The highest BCUT2D eigenvalue weighted by Gasteiger charge is 1.98. The van der Waals surface area contributed by atoms with Gasteiger partial charge in [-0.2, -0.15) is 5.10 Å². The molecule has 0 aliphatic heterocycles. The van der Waals surface area contributed by atoms with Crippen LogP contribution in [0.25, 0.3) is 0 Å². The van der Waals surface area contributed by atoms with Crippen molar-refractivity contribution in [3.05, 3.63) is 57.5 Å². The molecule has 0 aliphatic rings. The van der Waals surface area contributed by atoms with Crippen LogP contribution in [-0.4, -0.2) is 16.2 Å². The zero-order valence-corrected chi connectivity index (χ0v) is 11.8. The van der Waals surface area contributed by atoms with Crippen LogP contribution in [0.1, 0.15) is 36.6 Å². The molecule has 2 N–H and O–H groups in total. The SMILES string of the molecule is Cc1cc(=O)[nH]c(N/N=C/c2ccc(C(C)C)cc2)n1. The van der Waals surface area contributed by atoms with Crippen molar-refractivity contribution in [3.63, 3.8) is 0 Å². The maximum absolute atomic E-state index is 11.3. The second-order valence-electron chi connectivity index (χ2n) is 4.93. The number of hydrogen-bond acceptors (Lipinski definition) is 4. The minimum Gasteiger partial charge on any atom is -0.291 e. The molecule has 0 aliphatic carbocycles. The Morgan fingerprint density at radius 3 is 2.60 bits per heavy atom. The fourth-order valence-electron chi connectivity index (χ4n) is 1.77. The van der Waals surface area contributed by atoms with Crippen LogP contribution in [0.2, 0.25) is 0 Å². The van der Waals surface area contributed by atoms with Gasteiger partial charge in [0.05, 0.1) is 6.21 Å². The van der Waals surface area contributed by atoms with Crippen molar-refractivity contribution in [1.82, 2.24) is 9.97 Å². The lowest BCUT2D eigenvalue weighted by Crippen LogP contribution is -2.10. The maximum Gasteiger partial charge on any atom is 0.252 e. The fraction of sp³-hybridized carbons (Fsp3) is 0.267. The molecule has 0 radical (unpaired) electrons. The molecule has 1 aromatic carbocycles. The van der Waals surface area contributed by atoms with Crippen LogP contribution in [-0.2, 0) is 0 Å². The summed E-state index contributed by atoms with van der Waals surface area (Å²) in [7, 11) is 0. The number of aryl methyl sites for hydroxylation is 1. The molecule has 0 fully saturated rings. The second-order valence-corrected chi connectivity index (χ2v) is 4.93. The number of rotatable bonds is 4. The third kappa shape index (κ3) is 3.78. The molecule has 0 unspecified atom stereocenters. The predicted octanol–water partition coefficient (Wildman–Crippen LogP) is 2.65. The van der Waals surface area contributed by atoms with Gasteiger partial charge in [-0.25, -0.2) is 10.4 Å². The quantitative estimate of drug-likeness (QED) is 0.663. The summed E-state index contributed by atoms with van der Waals surface area (Å²) in [6.07, 6.45) is 1.69. The molecule has 1 heterocycles. The van der Waals surface area contributed by atoms with Crippen molar-refractivity contribution in [2.45, 2.75) is 26.7 Å². The van der Waals surface area contributed by atoms with Gasteiger partial charge in [0.15, 0.2) is 0 Å². The van der Waals surface area contributed by atoms with E-state index in [1.54, 1.807) is 13.1 Å². The predicted molar refractivity (Wildman–Crippen MR) is 81.3 cm³/mol. The van der Waals surface area contributed by atoms with E-state index in [4.69, 9.17) is 0 Å². The molecule has 2 aromatic rings. The van der Waals surface area contributed by atoms with E-state index in [2.05, 4.69) is 46.5 Å². The van der Waals surface area contributed by atoms with Gasteiger partial charge in [-0.3, -0.25) is 9.78 Å². The highest BCUT2D eigenvalue weighted by molar-refractivity contribution is 5.80. The van der Waals surface area contributed by atoms with Gasteiger partial charge in [-0.15, -0.1) is 0 Å². The minimum absolute atomic E-state index is 0.198. The summed E-state index contributed by atoms with van der Waals surface area (Å²) in [5.74, 6) is 0.853. The second kappa shape index (κ2) is 6.14. The molecule has 1 aromatic heterocycles. The number of benzene rings is 1. The summed E-state index contributed by atoms with van der Waals surface area (Å²) < 4.78 is 0. The molecule has 0 amide bonds. The number of aromatic amines is 1. The molecular weight excluding hydrogens is 252 g/mol. The van der Waals surface area contributed by atoms with Gasteiger partial charge in [0.25, 0.3) is 5.56 Å². The Kier molecular flexibility index (Phi) is 4.30. The van der Waals surface area contributed by atoms with E-state index in [1.807, 2.05) is 12.1 Å². The van der Waals surface area contributed by atoms with Gasteiger partial charge in [0.2, 0.25) is 5.95 Å².